The third kappa shape index (κ3) is 7.07. The van der Waals surface area contributed by atoms with E-state index >= 15 is 0 Å². The number of urea groups is 1. The average Bonchev–Trinajstić information content (AvgIpc) is 2.45. The van der Waals surface area contributed by atoms with Crippen molar-refractivity contribution in [3.63, 3.8) is 0 Å². The zero-order valence-corrected chi connectivity index (χ0v) is 15.0. The Balaban J connectivity index is 2.58. The van der Waals surface area contributed by atoms with Crippen LogP contribution in [0.25, 0.3) is 0 Å². The van der Waals surface area contributed by atoms with Crippen molar-refractivity contribution in [1.29, 1.82) is 0 Å². The molecule has 3 amide bonds. The molecule has 0 aromatic rings. The molecule has 1 saturated heterocycles. The number of hydrogen-bond donors (Lipinski definition) is 2. The number of piperidine rings is 1. The molecule has 1 fully saturated rings. The van der Waals surface area contributed by atoms with Gasteiger partial charge in [0.2, 0.25) is 0 Å². The van der Waals surface area contributed by atoms with Gasteiger partial charge >= 0.3 is 12.1 Å². The lowest BCUT2D eigenvalue weighted by atomic mass is 9.97. The highest BCUT2D eigenvalue weighted by Crippen LogP contribution is 2.20. The first kappa shape index (κ1) is 19.5. The molecule has 0 spiro atoms. The van der Waals surface area contributed by atoms with Gasteiger partial charge in [0.05, 0.1) is 12.6 Å². The summed E-state index contributed by atoms with van der Waals surface area (Å²) in [4.78, 5) is 26.1. The summed E-state index contributed by atoms with van der Waals surface area (Å²) in [5, 5.41) is 5.70. The largest absolute Gasteiger partial charge is 0.444 e. The number of nitrogens with zero attached hydrogens (tertiary/aromatic N) is 1. The highest BCUT2D eigenvalue weighted by Gasteiger charge is 2.32. The fourth-order valence-electron chi connectivity index (χ4n) is 2.68. The first-order valence-electron chi connectivity index (χ1n) is 8.27. The topological polar surface area (TPSA) is 79.9 Å². The van der Waals surface area contributed by atoms with Gasteiger partial charge in [0.25, 0.3) is 0 Å². The number of rotatable bonds is 5. The first-order chi connectivity index (χ1) is 10.7. The number of ether oxygens (including phenoxy) is 2. The summed E-state index contributed by atoms with van der Waals surface area (Å²) in [6.45, 7) is 9.05. The van der Waals surface area contributed by atoms with E-state index in [1.54, 1.807) is 12.0 Å². The molecule has 1 aliphatic rings. The number of carbonyl (C=O) groups is 2. The van der Waals surface area contributed by atoms with Crippen LogP contribution in [0.2, 0.25) is 0 Å². The Morgan fingerprint density at radius 2 is 2.00 bits per heavy atom. The van der Waals surface area contributed by atoms with Crippen molar-refractivity contribution in [2.24, 2.45) is 0 Å². The zero-order chi connectivity index (χ0) is 17.5. The van der Waals surface area contributed by atoms with Crippen LogP contribution in [0.3, 0.4) is 0 Å². The predicted octanol–water partition coefficient (Wildman–Crippen LogP) is 2.11. The molecule has 7 nitrogen and oxygen atoms in total. The van der Waals surface area contributed by atoms with E-state index in [0.29, 0.717) is 19.7 Å². The summed E-state index contributed by atoms with van der Waals surface area (Å²) in [6, 6.07) is -0.304. The third-order valence-corrected chi connectivity index (χ3v) is 3.71. The Morgan fingerprint density at radius 3 is 2.61 bits per heavy atom. The van der Waals surface area contributed by atoms with Crippen molar-refractivity contribution in [3.8, 4) is 0 Å². The van der Waals surface area contributed by atoms with Crippen molar-refractivity contribution in [2.45, 2.75) is 64.6 Å². The lowest BCUT2D eigenvalue weighted by Crippen LogP contribution is -2.57. The molecule has 1 heterocycles. The van der Waals surface area contributed by atoms with E-state index in [0.717, 1.165) is 19.3 Å². The van der Waals surface area contributed by atoms with Crippen LogP contribution >= 0.6 is 0 Å². The number of nitrogens with one attached hydrogen (secondary N) is 2. The molecule has 0 unspecified atom stereocenters. The van der Waals surface area contributed by atoms with Gasteiger partial charge in [0.15, 0.2) is 0 Å². The van der Waals surface area contributed by atoms with Crippen molar-refractivity contribution < 1.29 is 19.1 Å². The third-order valence-electron chi connectivity index (χ3n) is 3.71. The minimum Gasteiger partial charge on any atom is -0.444 e. The molecular weight excluding hydrogens is 298 g/mol. The molecule has 0 aromatic carbocycles. The summed E-state index contributed by atoms with van der Waals surface area (Å²) in [5.74, 6) is 0. The lowest BCUT2D eigenvalue weighted by Gasteiger charge is -2.39. The van der Waals surface area contributed by atoms with Gasteiger partial charge in [-0.15, -0.1) is 0 Å². The molecule has 23 heavy (non-hydrogen) atoms. The van der Waals surface area contributed by atoms with Gasteiger partial charge in [-0.1, -0.05) is 0 Å². The molecule has 0 bridgehead atoms. The molecule has 0 radical (unpaired) electrons. The Bertz CT molecular complexity index is 395. The molecule has 1 aliphatic heterocycles. The van der Waals surface area contributed by atoms with Crippen molar-refractivity contribution in [3.05, 3.63) is 0 Å². The highest BCUT2D eigenvalue weighted by molar-refractivity contribution is 5.75. The minimum absolute atomic E-state index is 0.0289. The fourth-order valence-corrected chi connectivity index (χ4v) is 2.68. The van der Waals surface area contributed by atoms with Crippen LogP contribution in [0.4, 0.5) is 9.59 Å². The first-order valence-corrected chi connectivity index (χ1v) is 8.27. The van der Waals surface area contributed by atoms with Gasteiger partial charge in [-0.3, -0.25) is 0 Å². The molecule has 2 N–H and O–H groups in total. The van der Waals surface area contributed by atoms with Crippen LogP contribution in [0.1, 0.15) is 47.0 Å². The van der Waals surface area contributed by atoms with Crippen LogP contribution < -0.4 is 10.6 Å². The van der Waals surface area contributed by atoms with E-state index in [9.17, 15) is 9.59 Å². The Morgan fingerprint density at radius 1 is 1.30 bits per heavy atom. The second-order valence-electron chi connectivity index (χ2n) is 6.92. The standard InChI is InChI=1S/C16H31N3O4/c1-12(18-15(21)23-16(2,3)4)13-8-6-7-10-19(13)14(20)17-9-11-22-5/h12-13H,6-11H2,1-5H3,(H,17,20)(H,18,21)/t12-,13-/m0/s1. The highest BCUT2D eigenvalue weighted by atomic mass is 16.6. The number of amides is 3. The normalized spacial score (nSPS) is 19.9. The molecule has 0 aliphatic carbocycles. The predicted molar refractivity (Wildman–Crippen MR) is 88.5 cm³/mol. The number of carbonyl (C=O) groups excluding carboxylic acids is 2. The van der Waals surface area contributed by atoms with Gasteiger partial charge < -0.3 is 25.0 Å². The lowest BCUT2D eigenvalue weighted by molar-refractivity contribution is 0.0461. The summed E-state index contributed by atoms with van der Waals surface area (Å²) >= 11 is 0. The molecule has 1 rings (SSSR count). The molecule has 2 atom stereocenters. The molecule has 7 heteroatoms. The van der Waals surface area contributed by atoms with Gasteiger partial charge in [-0.2, -0.15) is 0 Å². The number of alkyl carbamates (subject to hydrolysis) is 1. The summed E-state index contributed by atoms with van der Waals surface area (Å²) in [7, 11) is 1.60. The van der Waals surface area contributed by atoms with E-state index in [1.165, 1.54) is 0 Å². The summed E-state index contributed by atoms with van der Waals surface area (Å²) in [5.41, 5.74) is -0.534. The average molecular weight is 329 g/mol. The number of hydrogen-bond acceptors (Lipinski definition) is 4. The van der Waals surface area contributed by atoms with Gasteiger partial charge in [-0.05, 0) is 47.0 Å². The second-order valence-corrected chi connectivity index (χ2v) is 6.92. The van der Waals surface area contributed by atoms with E-state index in [4.69, 9.17) is 9.47 Å². The number of methoxy groups -OCH3 is 1. The van der Waals surface area contributed by atoms with Crippen LogP contribution in [-0.4, -0.2) is 61.5 Å². The van der Waals surface area contributed by atoms with Crippen LogP contribution in [0, 0.1) is 0 Å². The summed E-state index contributed by atoms with van der Waals surface area (Å²) < 4.78 is 10.2. The van der Waals surface area contributed by atoms with Crippen molar-refractivity contribution in [2.75, 3.05) is 26.8 Å². The van der Waals surface area contributed by atoms with Crippen molar-refractivity contribution >= 4 is 12.1 Å². The van der Waals surface area contributed by atoms with Gasteiger partial charge in [0.1, 0.15) is 5.60 Å². The van der Waals surface area contributed by atoms with Crippen LogP contribution in [-0.2, 0) is 9.47 Å². The maximum Gasteiger partial charge on any atom is 0.407 e. The molecular formula is C16H31N3O4. The maximum absolute atomic E-state index is 12.3. The Labute approximate surface area is 139 Å². The summed E-state index contributed by atoms with van der Waals surface area (Å²) in [6.07, 6.45) is 2.45. The van der Waals surface area contributed by atoms with E-state index in [1.807, 2.05) is 27.7 Å². The van der Waals surface area contributed by atoms with Gasteiger partial charge in [-0.25, -0.2) is 9.59 Å². The molecule has 0 saturated carbocycles. The van der Waals surface area contributed by atoms with E-state index in [-0.39, 0.29) is 18.1 Å². The Kier molecular flexibility index (Phi) is 7.61. The van der Waals surface area contributed by atoms with Gasteiger partial charge in [0, 0.05) is 26.2 Å². The second kappa shape index (κ2) is 8.96. The molecule has 134 valence electrons. The smallest absolute Gasteiger partial charge is 0.407 e. The van der Waals surface area contributed by atoms with E-state index < -0.39 is 11.7 Å². The Hall–Kier alpha value is -1.50. The maximum atomic E-state index is 12.3. The SMILES string of the molecule is COCCNC(=O)N1CCCC[C@H]1[C@H](C)NC(=O)OC(C)(C)C. The van der Waals surface area contributed by atoms with Crippen molar-refractivity contribution in [1.82, 2.24) is 15.5 Å². The number of likely N-dealkylation sites (tertiary alicyclic amines) is 1. The van der Waals surface area contributed by atoms with E-state index in [2.05, 4.69) is 10.6 Å². The monoisotopic (exact) mass is 329 g/mol. The fraction of sp³-hybridized carbons (Fsp3) is 0.875. The zero-order valence-electron chi connectivity index (χ0n) is 15.0. The molecule has 0 aromatic heterocycles. The van der Waals surface area contributed by atoms with Crippen LogP contribution in [0.5, 0.6) is 0 Å². The van der Waals surface area contributed by atoms with Crippen LogP contribution in [0.15, 0.2) is 0 Å². The quantitative estimate of drug-likeness (QED) is 0.757. The minimum atomic E-state index is -0.534.